The Morgan fingerprint density at radius 3 is 2.36 bits per heavy atom. The first-order chi connectivity index (χ1) is 10.3. The number of allylic oxidation sites excluding steroid dienone is 1. The lowest BCUT2D eigenvalue weighted by Crippen LogP contribution is -2.16. The standard InChI is InChI=1S/C17H20O5/c1-11(2)15(19)8-9-22-17(21)14-7-5-4-6-13(14)16(20)10-12(3)18/h4-7,12,18H,1,8-10H2,2-3H3. The number of carbonyl (C=O) groups is 3. The van der Waals surface area contributed by atoms with Gasteiger partial charge in [0.1, 0.15) is 0 Å². The summed E-state index contributed by atoms with van der Waals surface area (Å²) < 4.78 is 5.03. The molecule has 0 aliphatic rings. The summed E-state index contributed by atoms with van der Waals surface area (Å²) >= 11 is 0. The SMILES string of the molecule is C=C(C)C(=O)CCOC(=O)c1ccccc1C(=O)CC(C)O. The molecule has 0 bridgehead atoms. The fourth-order valence-electron chi connectivity index (χ4n) is 1.81. The van der Waals surface area contributed by atoms with Gasteiger partial charge in [0.15, 0.2) is 11.6 Å². The van der Waals surface area contributed by atoms with Gasteiger partial charge < -0.3 is 9.84 Å². The average Bonchev–Trinajstić information content (AvgIpc) is 2.46. The van der Waals surface area contributed by atoms with Crippen molar-refractivity contribution in [3.05, 3.63) is 47.5 Å². The average molecular weight is 304 g/mol. The quantitative estimate of drug-likeness (QED) is 0.453. The molecule has 1 aromatic carbocycles. The molecule has 0 aliphatic heterocycles. The molecule has 5 nitrogen and oxygen atoms in total. The number of aliphatic hydroxyl groups is 1. The van der Waals surface area contributed by atoms with E-state index in [1.807, 2.05) is 0 Å². The molecule has 0 amide bonds. The third kappa shape index (κ3) is 5.26. The van der Waals surface area contributed by atoms with E-state index in [9.17, 15) is 19.5 Å². The molecule has 22 heavy (non-hydrogen) atoms. The molecule has 0 heterocycles. The van der Waals surface area contributed by atoms with Gasteiger partial charge in [-0.05, 0) is 25.5 Å². The zero-order valence-electron chi connectivity index (χ0n) is 12.8. The van der Waals surface area contributed by atoms with Crippen molar-refractivity contribution in [2.75, 3.05) is 6.61 Å². The molecular formula is C17H20O5. The highest BCUT2D eigenvalue weighted by Gasteiger charge is 2.19. The highest BCUT2D eigenvalue weighted by molar-refractivity contribution is 6.06. The molecule has 0 spiro atoms. The maximum Gasteiger partial charge on any atom is 0.338 e. The third-order valence-corrected chi connectivity index (χ3v) is 2.97. The lowest BCUT2D eigenvalue weighted by atomic mass is 10.00. The minimum Gasteiger partial charge on any atom is -0.462 e. The number of aliphatic hydroxyl groups excluding tert-OH is 1. The van der Waals surface area contributed by atoms with Gasteiger partial charge in [0.25, 0.3) is 0 Å². The molecule has 1 N–H and O–H groups in total. The molecule has 0 saturated heterocycles. The van der Waals surface area contributed by atoms with Crippen molar-refractivity contribution >= 4 is 17.5 Å². The van der Waals surface area contributed by atoms with Crippen molar-refractivity contribution in [2.24, 2.45) is 0 Å². The number of Topliss-reactive ketones (excluding diaryl/α,β-unsaturated/α-hetero) is 2. The molecule has 0 radical (unpaired) electrons. The Labute approximate surface area is 129 Å². The third-order valence-electron chi connectivity index (χ3n) is 2.97. The molecule has 1 rings (SSSR count). The van der Waals surface area contributed by atoms with Crippen LogP contribution in [0.15, 0.2) is 36.4 Å². The van der Waals surface area contributed by atoms with Crippen LogP contribution in [0.2, 0.25) is 0 Å². The normalized spacial score (nSPS) is 11.6. The van der Waals surface area contributed by atoms with Crippen molar-refractivity contribution in [1.82, 2.24) is 0 Å². The van der Waals surface area contributed by atoms with E-state index < -0.39 is 12.1 Å². The van der Waals surface area contributed by atoms with Gasteiger partial charge >= 0.3 is 5.97 Å². The first-order valence-electron chi connectivity index (χ1n) is 6.99. The van der Waals surface area contributed by atoms with Crippen LogP contribution >= 0.6 is 0 Å². The van der Waals surface area contributed by atoms with E-state index in [4.69, 9.17) is 4.74 Å². The highest BCUT2D eigenvalue weighted by atomic mass is 16.5. The van der Waals surface area contributed by atoms with E-state index in [0.717, 1.165) is 0 Å². The van der Waals surface area contributed by atoms with Crippen molar-refractivity contribution in [3.63, 3.8) is 0 Å². The van der Waals surface area contributed by atoms with Gasteiger partial charge in [-0.2, -0.15) is 0 Å². The van der Waals surface area contributed by atoms with Crippen LogP contribution in [0.25, 0.3) is 0 Å². The Morgan fingerprint density at radius 2 is 1.82 bits per heavy atom. The molecule has 0 aliphatic carbocycles. The first-order valence-corrected chi connectivity index (χ1v) is 6.99. The van der Waals surface area contributed by atoms with Crippen LogP contribution in [0, 0.1) is 0 Å². The van der Waals surface area contributed by atoms with Gasteiger partial charge in [-0.3, -0.25) is 9.59 Å². The Balaban J connectivity index is 2.75. The monoisotopic (exact) mass is 304 g/mol. The van der Waals surface area contributed by atoms with Gasteiger partial charge in [0.2, 0.25) is 0 Å². The Bertz CT molecular complexity index is 586. The minimum atomic E-state index is -0.787. The summed E-state index contributed by atoms with van der Waals surface area (Å²) in [4.78, 5) is 35.4. The summed E-state index contributed by atoms with van der Waals surface area (Å²) in [6.45, 7) is 6.54. The number of esters is 1. The van der Waals surface area contributed by atoms with E-state index >= 15 is 0 Å². The molecule has 0 saturated carbocycles. The molecule has 0 aromatic heterocycles. The number of ether oxygens (including phenoxy) is 1. The Kier molecular flexibility index (Phi) is 6.66. The van der Waals surface area contributed by atoms with Gasteiger partial charge in [0.05, 0.1) is 18.3 Å². The number of hydrogen-bond acceptors (Lipinski definition) is 5. The van der Waals surface area contributed by atoms with Crippen LogP contribution in [-0.2, 0) is 9.53 Å². The number of benzene rings is 1. The number of rotatable bonds is 8. The summed E-state index contributed by atoms with van der Waals surface area (Å²) in [5.41, 5.74) is 0.749. The maximum absolute atomic E-state index is 12.0. The summed E-state index contributed by atoms with van der Waals surface area (Å²) in [5.74, 6) is -1.17. The zero-order valence-corrected chi connectivity index (χ0v) is 12.8. The summed E-state index contributed by atoms with van der Waals surface area (Å²) in [5, 5.41) is 9.29. The molecule has 1 atom stereocenters. The first kappa shape index (κ1) is 17.8. The molecular weight excluding hydrogens is 284 g/mol. The van der Waals surface area contributed by atoms with E-state index in [-0.39, 0.29) is 42.1 Å². The van der Waals surface area contributed by atoms with Crippen molar-refractivity contribution in [2.45, 2.75) is 32.8 Å². The number of carbonyl (C=O) groups excluding carboxylic acids is 3. The molecule has 1 unspecified atom stereocenters. The van der Waals surface area contributed by atoms with E-state index in [2.05, 4.69) is 6.58 Å². The van der Waals surface area contributed by atoms with Crippen molar-refractivity contribution in [3.8, 4) is 0 Å². The van der Waals surface area contributed by atoms with Gasteiger partial charge in [-0.15, -0.1) is 0 Å². The second-order valence-electron chi connectivity index (χ2n) is 5.11. The lowest BCUT2D eigenvalue weighted by molar-refractivity contribution is -0.116. The highest BCUT2D eigenvalue weighted by Crippen LogP contribution is 2.14. The largest absolute Gasteiger partial charge is 0.462 e. The van der Waals surface area contributed by atoms with Crippen LogP contribution < -0.4 is 0 Å². The second-order valence-corrected chi connectivity index (χ2v) is 5.11. The number of ketones is 2. The summed E-state index contributed by atoms with van der Waals surface area (Å²) in [6.07, 6.45) is -0.798. The van der Waals surface area contributed by atoms with Crippen LogP contribution in [-0.4, -0.2) is 35.4 Å². The predicted octanol–water partition coefficient (Wildman–Crippen LogP) is 2.33. The topological polar surface area (TPSA) is 80.7 Å². The molecule has 118 valence electrons. The maximum atomic E-state index is 12.0. The van der Waals surface area contributed by atoms with Gasteiger partial charge in [-0.1, -0.05) is 24.8 Å². The smallest absolute Gasteiger partial charge is 0.338 e. The Morgan fingerprint density at radius 1 is 1.23 bits per heavy atom. The van der Waals surface area contributed by atoms with Crippen LogP contribution in [0.4, 0.5) is 0 Å². The molecule has 1 aromatic rings. The fourth-order valence-corrected chi connectivity index (χ4v) is 1.81. The molecule has 5 heteroatoms. The van der Waals surface area contributed by atoms with Crippen molar-refractivity contribution < 1.29 is 24.2 Å². The summed E-state index contributed by atoms with van der Waals surface area (Å²) in [7, 11) is 0. The number of hydrogen-bond donors (Lipinski definition) is 1. The van der Waals surface area contributed by atoms with Gasteiger partial charge in [-0.25, -0.2) is 4.79 Å². The van der Waals surface area contributed by atoms with E-state index in [1.54, 1.807) is 19.1 Å². The van der Waals surface area contributed by atoms with Crippen LogP contribution in [0.5, 0.6) is 0 Å². The van der Waals surface area contributed by atoms with Gasteiger partial charge in [0, 0.05) is 18.4 Å². The predicted molar refractivity (Wildman–Crippen MR) is 81.8 cm³/mol. The lowest BCUT2D eigenvalue weighted by Gasteiger charge is -2.09. The van der Waals surface area contributed by atoms with E-state index in [1.165, 1.54) is 19.1 Å². The molecule has 0 fully saturated rings. The minimum absolute atomic E-state index is 0.0604. The van der Waals surface area contributed by atoms with E-state index in [0.29, 0.717) is 5.57 Å². The Hall–Kier alpha value is -2.27. The van der Waals surface area contributed by atoms with Crippen molar-refractivity contribution in [1.29, 1.82) is 0 Å². The zero-order chi connectivity index (χ0) is 16.7. The second kappa shape index (κ2) is 8.24. The summed E-state index contributed by atoms with van der Waals surface area (Å²) in [6, 6.07) is 6.25. The van der Waals surface area contributed by atoms with Crippen LogP contribution in [0.3, 0.4) is 0 Å². The van der Waals surface area contributed by atoms with Crippen LogP contribution in [0.1, 0.15) is 47.4 Å². The fraction of sp³-hybridized carbons (Fsp3) is 0.353.